The molecule has 7 heteroatoms. The van der Waals surface area contributed by atoms with E-state index < -0.39 is 0 Å². The van der Waals surface area contributed by atoms with E-state index in [2.05, 4.69) is 34.6 Å². The van der Waals surface area contributed by atoms with Gasteiger partial charge >= 0.3 is 0 Å². The monoisotopic (exact) mass is 281 g/mol. The molecule has 0 unspecified atom stereocenters. The number of ether oxygens (including phenoxy) is 1. The molecule has 1 aliphatic heterocycles. The third-order valence-electron chi connectivity index (χ3n) is 3.73. The first-order valence-corrected chi connectivity index (χ1v) is 6.90. The van der Waals surface area contributed by atoms with Crippen LogP contribution in [0.3, 0.4) is 0 Å². The van der Waals surface area contributed by atoms with Crippen LogP contribution in [0.4, 0.5) is 11.6 Å². The van der Waals surface area contributed by atoms with Gasteiger partial charge in [0.15, 0.2) is 0 Å². The third kappa shape index (κ3) is 3.00. The van der Waals surface area contributed by atoms with Gasteiger partial charge in [-0.25, -0.2) is 15.8 Å². The van der Waals surface area contributed by atoms with Gasteiger partial charge in [0, 0.05) is 18.8 Å². The molecule has 0 aliphatic carbocycles. The second-order valence-electron chi connectivity index (χ2n) is 5.46. The Morgan fingerprint density at radius 3 is 2.55 bits per heavy atom. The van der Waals surface area contributed by atoms with E-state index in [4.69, 9.17) is 10.6 Å². The van der Waals surface area contributed by atoms with Gasteiger partial charge in [-0.15, -0.1) is 0 Å². The van der Waals surface area contributed by atoms with Gasteiger partial charge in [-0.2, -0.15) is 0 Å². The number of hydrogen-bond acceptors (Lipinski definition) is 7. The first kappa shape index (κ1) is 15.0. The number of nitrogens with one attached hydrogen (secondary N) is 2. The van der Waals surface area contributed by atoms with Gasteiger partial charge in [-0.3, -0.25) is 0 Å². The maximum Gasteiger partial charge on any atom is 0.148 e. The number of aliphatic hydroxyl groups is 1. The molecule has 2 rings (SSSR count). The van der Waals surface area contributed by atoms with Crippen molar-refractivity contribution in [3.8, 4) is 0 Å². The summed E-state index contributed by atoms with van der Waals surface area (Å²) < 4.78 is 5.37. The highest BCUT2D eigenvalue weighted by atomic mass is 16.5. The molecule has 0 aromatic carbocycles. The maximum absolute atomic E-state index is 9.76. The summed E-state index contributed by atoms with van der Waals surface area (Å²) in [5, 5.41) is 13.1. The topological polar surface area (TPSA) is 105 Å². The van der Waals surface area contributed by atoms with Gasteiger partial charge in [0.25, 0.3) is 0 Å². The molecular weight excluding hydrogens is 258 g/mol. The number of aliphatic hydroxyl groups excluding tert-OH is 1. The van der Waals surface area contributed by atoms with E-state index in [9.17, 15) is 5.11 Å². The zero-order valence-corrected chi connectivity index (χ0v) is 12.0. The summed E-state index contributed by atoms with van der Waals surface area (Å²) in [5.74, 6) is 7.06. The number of hydrogen-bond donors (Lipinski definition) is 4. The van der Waals surface area contributed by atoms with Crippen LogP contribution in [0.5, 0.6) is 0 Å². The van der Waals surface area contributed by atoms with Crippen molar-refractivity contribution in [1.82, 2.24) is 9.97 Å². The van der Waals surface area contributed by atoms with Crippen LogP contribution in [0.15, 0.2) is 6.33 Å². The molecule has 1 aromatic rings. The van der Waals surface area contributed by atoms with Gasteiger partial charge in [-0.05, 0) is 18.8 Å². The predicted octanol–water partition coefficient (Wildman–Crippen LogP) is 0.839. The van der Waals surface area contributed by atoms with Crippen molar-refractivity contribution in [3.63, 3.8) is 0 Å². The van der Waals surface area contributed by atoms with Crippen molar-refractivity contribution in [1.29, 1.82) is 0 Å². The summed E-state index contributed by atoms with van der Waals surface area (Å²) in [4.78, 5) is 8.47. The van der Waals surface area contributed by atoms with Crippen molar-refractivity contribution in [2.24, 2.45) is 5.84 Å². The summed E-state index contributed by atoms with van der Waals surface area (Å²) in [6.45, 7) is 5.43. The second kappa shape index (κ2) is 6.34. The minimum Gasteiger partial charge on any atom is -0.394 e. The molecule has 0 atom stereocenters. The lowest BCUT2D eigenvalue weighted by molar-refractivity contribution is 0.0378. The van der Waals surface area contributed by atoms with Gasteiger partial charge < -0.3 is 20.6 Å². The Balaban J connectivity index is 2.32. The third-order valence-corrected chi connectivity index (χ3v) is 3.73. The molecule has 5 N–H and O–H groups in total. The summed E-state index contributed by atoms with van der Waals surface area (Å²) >= 11 is 0. The lowest BCUT2D eigenvalue weighted by Gasteiger charge is -2.37. The van der Waals surface area contributed by atoms with Gasteiger partial charge in [0.05, 0.1) is 12.1 Å². The molecule has 1 aromatic heterocycles. The van der Waals surface area contributed by atoms with Crippen LogP contribution in [0, 0.1) is 0 Å². The van der Waals surface area contributed by atoms with Crippen LogP contribution in [-0.4, -0.2) is 40.4 Å². The van der Waals surface area contributed by atoms with Crippen LogP contribution in [-0.2, 0) is 4.74 Å². The molecule has 20 heavy (non-hydrogen) atoms. The molecule has 0 saturated carbocycles. The molecule has 0 amide bonds. The Morgan fingerprint density at radius 2 is 2.00 bits per heavy atom. The molecule has 0 spiro atoms. The highest BCUT2D eigenvalue weighted by Crippen LogP contribution is 2.32. The molecule has 7 nitrogen and oxygen atoms in total. The molecule has 1 aliphatic rings. The number of aromatic nitrogens is 2. The molecule has 1 saturated heterocycles. The fraction of sp³-hybridized carbons (Fsp3) is 0.692. The molecule has 2 heterocycles. The van der Waals surface area contributed by atoms with Crippen LogP contribution >= 0.6 is 0 Å². The fourth-order valence-corrected chi connectivity index (χ4v) is 2.49. The first-order chi connectivity index (χ1) is 9.62. The highest BCUT2D eigenvalue weighted by molar-refractivity contribution is 5.59. The number of nitrogens with zero attached hydrogens (tertiary/aromatic N) is 2. The smallest absolute Gasteiger partial charge is 0.148 e. The van der Waals surface area contributed by atoms with Crippen molar-refractivity contribution in [2.45, 2.75) is 38.1 Å². The zero-order valence-electron chi connectivity index (χ0n) is 12.0. The SMILES string of the molecule is CC(C)c1c(NN)ncnc1NC1(CO)CCOCC1. The Hall–Kier alpha value is -1.44. The van der Waals surface area contributed by atoms with E-state index in [0.29, 0.717) is 19.0 Å². The van der Waals surface area contributed by atoms with E-state index in [1.807, 2.05) is 0 Å². The Morgan fingerprint density at radius 1 is 1.35 bits per heavy atom. The zero-order chi connectivity index (χ0) is 14.6. The quantitative estimate of drug-likeness (QED) is 0.468. The van der Waals surface area contributed by atoms with Gasteiger partial charge in [-0.1, -0.05) is 13.8 Å². The van der Waals surface area contributed by atoms with E-state index in [0.717, 1.165) is 24.2 Å². The average Bonchev–Trinajstić information content (AvgIpc) is 2.47. The second-order valence-corrected chi connectivity index (χ2v) is 5.46. The van der Waals surface area contributed by atoms with Gasteiger partial charge in [0.1, 0.15) is 18.0 Å². The number of nitrogen functional groups attached to an aromatic ring is 1. The van der Waals surface area contributed by atoms with Crippen LogP contribution in [0.25, 0.3) is 0 Å². The summed E-state index contributed by atoms with van der Waals surface area (Å²) in [7, 11) is 0. The van der Waals surface area contributed by atoms with E-state index in [-0.39, 0.29) is 18.1 Å². The summed E-state index contributed by atoms with van der Waals surface area (Å²) in [6, 6.07) is 0. The summed E-state index contributed by atoms with van der Waals surface area (Å²) in [5.41, 5.74) is 3.15. The lowest BCUT2D eigenvalue weighted by Crippen LogP contribution is -2.47. The number of anilines is 2. The standard InChI is InChI=1S/C13H23N5O2/c1-9(2)10-11(15-8-16-12(10)18-14)17-13(7-19)3-5-20-6-4-13/h8-9,19H,3-7,14H2,1-2H3,(H2,15,16,17,18). The largest absolute Gasteiger partial charge is 0.394 e. The van der Waals surface area contributed by atoms with Crippen LogP contribution in [0.1, 0.15) is 38.2 Å². The van der Waals surface area contributed by atoms with Crippen molar-refractivity contribution in [3.05, 3.63) is 11.9 Å². The number of rotatable bonds is 5. The normalized spacial score (nSPS) is 18.1. The highest BCUT2D eigenvalue weighted by Gasteiger charge is 2.33. The minimum atomic E-state index is -0.387. The predicted molar refractivity (Wildman–Crippen MR) is 77.4 cm³/mol. The fourth-order valence-electron chi connectivity index (χ4n) is 2.49. The van der Waals surface area contributed by atoms with Gasteiger partial charge in [0.2, 0.25) is 0 Å². The lowest BCUT2D eigenvalue weighted by atomic mass is 9.90. The molecule has 0 bridgehead atoms. The molecule has 1 fully saturated rings. The van der Waals surface area contributed by atoms with Crippen LogP contribution < -0.4 is 16.6 Å². The molecule has 0 radical (unpaired) electrons. The van der Waals surface area contributed by atoms with E-state index >= 15 is 0 Å². The van der Waals surface area contributed by atoms with Crippen LogP contribution in [0.2, 0.25) is 0 Å². The summed E-state index contributed by atoms with van der Waals surface area (Å²) in [6.07, 6.45) is 2.96. The maximum atomic E-state index is 9.76. The molecule has 112 valence electrons. The van der Waals surface area contributed by atoms with E-state index in [1.165, 1.54) is 6.33 Å². The molecular formula is C13H23N5O2. The Bertz CT molecular complexity index is 446. The van der Waals surface area contributed by atoms with Crippen molar-refractivity contribution >= 4 is 11.6 Å². The Labute approximate surface area is 118 Å². The van der Waals surface area contributed by atoms with E-state index in [1.54, 1.807) is 0 Å². The Kier molecular flexibility index (Phi) is 4.74. The average molecular weight is 281 g/mol. The minimum absolute atomic E-state index is 0.0449. The van der Waals surface area contributed by atoms with Crippen molar-refractivity contribution in [2.75, 3.05) is 30.6 Å². The first-order valence-electron chi connectivity index (χ1n) is 6.90. The number of nitrogens with two attached hydrogens (primary N) is 1. The number of hydrazine groups is 1. The van der Waals surface area contributed by atoms with Crippen molar-refractivity contribution < 1.29 is 9.84 Å².